The fraction of sp³-hybridized carbons (Fsp3) is 0.455. The highest BCUT2D eigenvalue weighted by atomic mass is 32.2. The summed E-state index contributed by atoms with van der Waals surface area (Å²) in [5, 5.41) is 2.91. The van der Waals surface area contributed by atoms with Crippen molar-refractivity contribution in [1.82, 2.24) is 4.72 Å². The van der Waals surface area contributed by atoms with E-state index in [0.717, 1.165) is 18.5 Å². The maximum absolute atomic E-state index is 11.8. The van der Waals surface area contributed by atoms with E-state index < -0.39 is 10.0 Å². The van der Waals surface area contributed by atoms with Gasteiger partial charge in [-0.25, -0.2) is 13.1 Å². The van der Waals surface area contributed by atoms with Crippen LogP contribution in [0.4, 0.5) is 5.69 Å². The second kappa shape index (κ2) is 5.86. The van der Waals surface area contributed by atoms with Gasteiger partial charge in [0, 0.05) is 19.3 Å². The summed E-state index contributed by atoms with van der Waals surface area (Å²) in [5.41, 5.74) is 0.790. The molecule has 0 unspecified atom stereocenters. The van der Waals surface area contributed by atoms with Gasteiger partial charge in [-0.05, 0) is 24.6 Å². The fourth-order valence-electron chi connectivity index (χ4n) is 1.29. The van der Waals surface area contributed by atoms with E-state index in [-0.39, 0.29) is 0 Å². The number of hydrogen-bond donors (Lipinski definition) is 2. The van der Waals surface area contributed by atoms with E-state index in [9.17, 15) is 8.42 Å². The SMILES string of the molecule is CCCCNS(=O)(=O)c1cccc(NC)c1. The first-order chi connectivity index (χ1) is 7.60. The van der Waals surface area contributed by atoms with Crippen molar-refractivity contribution in [3.05, 3.63) is 24.3 Å². The lowest BCUT2D eigenvalue weighted by atomic mass is 10.3. The first-order valence-electron chi connectivity index (χ1n) is 5.37. The predicted octanol–water partition coefficient (Wildman–Crippen LogP) is 1.81. The van der Waals surface area contributed by atoms with Crippen LogP contribution < -0.4 is 10.0 Å². The van der Waals surface area contributed by atoms with Crippen molar-refractivity contribution in [2.75, 3.05) is 18.9 Å². The van der Waals surface area contributed by atoms with E-state index in [0.29, 0.717) is 11.4 Å². The maximum Gasteiger partial charge on any atom is 0.240 e. The Balaban J connectivity index is 2.81. The second-order valence-corrected chi connectivity index (χ2v) is 5.30. The van der Waals surface area contributed by atoms with E-state index >= 15 is 0 Å². The Bertz CT molecular complexity index is 429. The Morgan fingerprint density at radius 1 is 1.31 bits per heavy atom. The monoisotopic (exact) mass is 242 g/mol. The third kappa shape index (κ3) is 3.50. The number of unbranched alkanes of at least 4 members (excludes halogenated alkanes) is 1. The van der Waals surface area contributed by atoms with Crippen LogP contribution in [-0.2, 0) is 10.0 Å². The molecular formula is C11H18N2O2S. The molecule has 0 aliphatic rings. The van der Waals surface area contributed by atoms with E-state index in [4.69, 9.17) is 0 Å². The topological polar surface area (TPSA) is 58.2 Å². The molecule has 0 heterocycles. The molecule has 1 rings (SSSR count). The minimum atomic E-state index is -3.36. The smallest absolute Gasteiger partial charge is 0.240 e. The van der Waals surface area contributed by atoms with Crippen LogP contribution in [0, 0.1) is 0 Å². The molecule has 0 saturated carbocycles. The molecule has 4 nitrogen and oxygen atoms in total. The maximum atomic E-state index is 11.8. The Morgan fingerprint density at radius 2 is 2.06 bits per heavy atom. The molecule has 5 heteroatoms. The Hall–Kier alpha value is -1.07. The van der Waals surface area contributed by atoms with Crippen molar-refractivity contribution >= 4 is 15.7 Å². The molecule has 2 N–H and O–H groups in total. The Labute approximate surface area is 97.1 Å². The molecule has 0 aliphatic carbocycles. The summed E-state index contributed by atoms with van der Waals surface area (Å²) in [6, 6.07) is 6.76. The van der Waals surface area contributed by atoms with Gasteiger partial charge in [-0.1, -0.05) is 19.4 Å². The zero-order chi connectivity index (χ0) is 12.0. The molecule has 0 bridgehead atoms. The molecule has 0 atom stereocenters. The zero-order valence-electron chi connectivity index (χ0n) is 9.66. The van der Waals surface area contributed by atoms with Gasteiger partial charge in [0.05, 0.1) is 4.90 Å². The molecule has 0 spiro atoms. The summed E-state index contributed by atoms with van der Waals surface area (Å²) in [7, 11) is -1.59. The summed E-state index contributed by atoms with van der Waals surface area (Å²) < 4.78 is 26.2. The molecule has 90 valence electrons. The number of anilines is 1. The summed E-state index contributed by atoms with van der Waals surface area (Å²) in [4.78, 5) is 0.301. The van der Waals surface area contributed by atoms with Crippen LogP contribution in [0.25, 0.3) is 0 Å². The lowest BCUT2D eigenvalue weighted by Crippen LogP contribution is -2.24. The van der Waals surface area contributed by atoms with Crippen molar-refractivity contribution in [3.63, 3.8) is 0 Å². The van der Waals surface area contributed by atoms with Crippen LogP contribution in [0.1, 0.15) is 19.8 Å². The highest BCUT2D eigenvalue weighted by molar-refractivity contribution is 7.89. The Kier molecular flexibility index (Phi) is 4.76. The van der Waals surface area contributed by atoms with Crippen LogP contribution in [0.2, 0.25) is 0 Å². The molecule has 1 aromatic carbocycles. The van der Waals surface area contributed by atoms with E-state index in [2.05, 4.69) is 10.0 Å². The predicted molar refractivity (Wildman–Crippen MR) is 66.1 cm³/mol. The third-order valence-corrected chi connectivity index (χ3v) is 3.71. The third-order valence-electron chi connectivity index (χ3n) is 2.26. The summed E-state index contributed by atoms with van der Waals surface area (Å²) in [5.74, 6) is 0. The van der Waals surface area contributed by atoms with Gasteiger partial charge in [-0.15, -0.1) is 0 Å². The molecule has 16 heavy (non-hydrogen) atoms. The standard InChI is InChI=1S/C11H18N2O2S/c1-3-4-8-13-16(14,15)11-7-5-6-10(9-11)12-2/h5-7,9,12-13H,3-4,8H2,1-2H3. The Morgan fingerprint density at radius 3 is 2.69 bits per heavy atom. The van der Waals surface area contributed by atoms with E-state index in [1.807, 2.05) is 13.0 Å². The molecule has 0 amide bonds. The number of benzene rings is 1. The van der Waals surface area contributed by atoms with Gasteiger partial charge in [0.15, 0.2) is 0 Å². The molecule has 0 fully saturated rings. The summed E-state index contributed by atoms with van der Waals surface area (Å²) in [6.45, 7) is 2.51. The molecule has 0 saturated heterocycles. The van der Waals surface area contributed by atoms with E-state index in [1.54, 1.807) is 25.2 Å². The highest BCUT2D eigenvalue weighted by Gasteiger charge is 2.12. The van der Waals surface area contributed by atoms with Gasteiger partial charge in [-0.3, -0.25) is 0 Å². The van der Waals surface area contributed by atoms with Gasteiger partial charge in [-0.2, -0.15) is 0 Å². The van der Waals surface area contributed by atoms with Gasteiger partial charge >= 0.3 is 0 Å². The molecule has 0 radical (unpaired) electrons. The first kappa shape index (κ1) is 13.0. The first-order valence-corrected chi connectivity index (χ1v) is 6.86. The number of sulfonamides is 1. The van der Waals surface area contributed by atoms with Crippen molar-refractivity contribution in [3.8, 4) is 0 Å². The van der Waals surface area contributed by atoms with Crippen LogP contribution in [0.5, 0.6) is 0 Å². The second-order valence-electron chi connectivity index (χ2n) is 3.53. The van der Waals surface area contributed by atoms with Crippen LogP contribution in [0.3, 0.4) is 0 Å². The molecule has 0 aliphatic heterocycles. The highest BCUT2D eigenvalue weighted by Crippen LogP contribution is 2.14. The molecular weight excluding hydrogens is 224 g/mol. The normalized spacial score (nSPS) is 11.4. The van der Waals surface area contributed by atoms with E-state index in [1.165, 1.54) is 0 Å². The van der Waals surface area contributed by atoms with Crippen LogP contribution >= 0.6 is 0 Å². The van der Waals surface area contributed by atoms with Crippen LogP contribution in [-0.4, -0.2) is 22.0 Å². The quantitative estimate of drug-likeness (QED) is 0.748. The van der Waals surface area contributed by atoms with Gasteiger partial charge in [0.2, 0.25) is 10.0 Å². The lowest BCUT2D eigenvalue weighted by Gasteiger charge is -2.07. The average Bonchev–Trinajstić information content (AvgIpc) is 2.29. The van der Waals surface area contributed by atoms with Crippen molar-refractivity contribution in [2.45, 2.75) is 24.7 Å². The van der Waals surface area contributed by atoms with Crippen LogP contribution in [0.15, 0.2) is 29.2 Å². The van der Waals surface area contributed by atoms with Gasteiger partial charge in [0.1, 0.15) is 0 Å². The molecule has 1 aromatic rings. The van der Waals surface area contributed by atoms with Gasteiger partial charge < -0.3 is 5.32 Å². The average molecular weight is 242 g/mol. The molecule has 0 aromatic heterocycles. The van der Waals surface area contributed by atoms with Crippen molar-refractivity contribution in [2.24, 2.45) is 0 Å². The minimum Gasteiger partial charge on any atom is -0.388 e. The van der Waals surface area contributed by atoms with Gasteiger partial charge in [0.25, 0.3) is 0 Å². The number of nitrogens with one attached hydrogen (secondary N) is 2. The summed E-state index contributed by atoms with van der Waals surface area (Å²) >= 11 is 0. The number of rotatable bonds is 6. The summed E-state index contributed by atoms with van der Waals surface area (Å²) in [6.07, 6.45) is 1.82. The lowest BCUT2D eigenvalue weighted by molar-refractivity contribution is 0.578. The van der Waals surface area contributed by atoms with Crippen molar-refractivity contribution < 1.29 is 8.42 Å². The van der Waals surface area contributed by atoms with Crippen molar-refractivity contribution in [1.29, 1.82) is 0 Å². The fourth-order valence-corrected chi connectivity index (χ4v) is 2.40. The number of hydrogen-bond acceptors (Lipinski definition) is 3. The minimum absolute atomic E-state index is 0.301. The zero-order valence-corrected chi connectivity index (χ0v) is 10.5. The largest absolute Gasteiger partial charge is 0.388 e.